The van der Waals surface area contributed by atoms with Crippen LogP contribution in [0, 0.1) is 6.92 Å². The lowest BCUT2D eigenvalue weighted by Gasteiger charge is -2.16. The van der Waals surface area contributed by atoms with Gasteiger partial charge in [0.05, 0.1) is 23.8 Å². The predicted octanol–water partition coefficient (Wildman–Crippen LogP) is 3.92. The number of nitrogens with zero attached hydrogens (tertiary/aromatic N) is 1. The molecule has 0 saturated heterocycles. The number of amides is 2. The maximum atomic E-state index is 12.1. The molecule has 2 aromatic rings. The molecule has 0 spiro atoms. The number of aryl methyl sites for hydroxylation is 1. The Labute approximate surface area is 160 Å². The minimum atomic E-state index is -0.233. The number of halogens is 2. The molecule has 2 rings (SSSR count). The summed E-state index contributed by atoms with van der Waals surface area (Å²) < 4.78 is 0.985. The van der Waals surface area contributed by atoms with Crippen molar-refractivity contribution in [3.63, 3.8) is 0 Å². The predicted molar refractivity (Wildman–Crippen MR) is 105 cm³/mol. The van der Waals surface area contributed by atoms with Gasteiger partial charge in [0.25, 0.3) is 0 Å². The second-order valence-corrected chi connectivity index (χ2v) is 6.97. The second kappa shape index (κ2) is 8.99. The van der Waals surface area contributed by atoms with Crippen LogP contribution in [0.3, 0.4) is 0 Å². The average Bonchev–Trinajstić information content (AvgIpc) is 2.52. The lowest BCUT2D eigenvalue weighted by atomic mass is 10.2. The van der Waals surface area contributed by atoms with Crippen molar-refractivity contribution < 1.29 is 9.59 Å². The molecule has 7 heteroatoms. The normalized spacial score (nSPS) is 10.6. The van der Waals surface area contributed by atoms with Gasteiger partial charge in [-0.05, 0) is 49.9 Å². The van der Waals surface area contributed by atoms with Gasteiger partial charge in [-0.3, -0.25) is 14.5 Å². The van der Waals surface area contributed by atoms with Crippen LogP contribution < -0.4 is 10.6 Å². The number of para-hydroxylation sites is 1. The molecule has 0 aromatic heterocycles. The molecular formula is C18H19BrClN3O2. The van der Waals surface area contributed by atoms with Crippen LogP contribution in [0.5, 0.6) is 0 Å². The first-order valence-corrected chi connectivity index (χ1v) is 8.81. The van der Waals surface area contributed by atoms with E-state index in [-0.39, 0.29) is 24.9 Å². The van der Waals surface area contributed by atoms with Crippen LogP contribution >= 0.6 is 27.5 Å². The van der Waals surface area contributed by atoms with Gasteiger partial charge in [-0.15, -0.1) is 0 Å². The standard InChI is InChI=1S/C18H19BrClN3O2/c1-12-9-13(7-8-14(12)19)21-17(24)10-23(2)11-18(25)22-16-6-4-3-5-15(16)20/h3-9H,10-11H2,1-2H3,(H,21,24)(H,22,25). The van der Waals surface area contributed by atoms with E-state index in [0.29, 0.717) is 10.7 Å². The third-order valence-electron chi connectivity index (χ3n) is 3.42. The SMILES string of the molecule is Cc1cc(NC(=O)CN(C)CC(=O)Nc2ccccc2Cl)ccc1Br. The van der Waals surface area contributed by atoms with E-state index < -0.39 is 0 Å². The summed E-state index contributed by atoms with van der Waals surface area (Å²) in [6.45, 7) is 2.13. The van der Waals surface area contributed by atoms with Gasteiger partial charge in [0.15, 0.2) is 0 Å². The first-order chi connectivity index (χ1) is 11.8. The molecule has 2 aromatic carbocycles. The van der Waals surface area contributed by atoms with E-state index in [1.165, 1.54) is 0 Å². The summed E-state index contributed by atoms with van der Waals surface area (Å²) in [6, 6.07) is 12.6. The van der Waals surface area contributed by atoms with Crippen molar-refractivity contribution in [1.82, 2.24) is 4.90 Å². The first kappa shape index (κ1) is 19.4. The van der Waals surface area contributed by atoms with Crippen molar-refractivity contribution in [3.05, 3.63) is 57.5 Å². The molecule has 0 aliphatic rings. The topological polar surface area (TPSA) is 61.4 Å². The van der Waals surface area contributed by atoms with Crippen molar-refractivity contribution in [2.24, 2.45) is 0 Å². The van der Waals surface area contributed by atoms with E-state index in [0.717, 1.165) is 15.7 Å². The summed E-state index contributed by atoms with van der Waals surface area (Å²) in [5.74, 6) is -0.419. The van der Waals surface area contributed by atoms with Crippen LogP contribution in [0.4, 0.5) is 11.4 Å². The van der Waals surface area contributed by atoms with E-state index in [1.54, 1.807) is 36.2 Å². The number of nitrogens with one attached hydrogen (secondary N) is 2. The lowest BCUT2D eigenvalue weighted by Crippen LogP contribution is -2.36. The molecule has 25 heavy (non-hydrogen) atoms. The third-order valence-corrected chi connectivity index (χ3v) is 4.64. The van der Waals surface area contributed by atoms with Crippen LogP contribution in [-0.4, -0.2) is 36.9 Å². The maximum Gasteiger partial charge on any atom is 0.238 e. The highest BCUT2D eigenvalue weighted by molar-refractivity contribution is 9.10. The highest BCUT2D eigenvalue weighted by Crippen LogP contribution is 2.21. The van der Waals surface area contributed by atoms with E-state index in [1.807, 2.05) is 25.1 Å². The van der Waals surface area contributed by atoms with Gasteiger partial charge in [-0.1, -0.05) is 39.7 Å². The fourth-order valence-electron chi connectivity index (χ4n) is 2.22. The molecule has 2 N–H and O–H groups in total. The Morgan fingerprint density at radius 3 is 2.36 bits per heavy atom. The minimum absolute atomic E-state index is 0.0814. The molecule has 0 aliphatic heterocycles. The molecule has 0 bridgehead atoms. The van der Waals surface area contributed by atoms with E-state index in [4.69, 9.17) is 11.6 Å². The number of hydrogen-bond donors (Lipinski definition) is 2. The van der Waals surface area contributed by atoms with Gasteiger partial charge < -0.3 is 10.6 Å². The molecule has 132 valence electrons. The van der Waals surface area contributed by atoms with Crippen LogP contribution in [-0.2, 0) is 9.59 Å². The summed E-state index contributed by atoms with van der Waals surface area (Å²) in [7, 11) is 1.71. The number of anilines is 2. The van der Waals surface area contributed by atoms with Crippen molar-refractivity contribution in [2.45, 2.75) is 6.92 Å². The van der Waals surface area contributed by atoms with E-state index in [2.05, 4.69) is 26.6 Å². The fraction of sp³-hybridized carbons (Fsp3) is 0.222. The smallest absolute Gasteiger partial charge is 0.238 e. The van der Waals surface area contributed by atoms with Gasteiger partial charge in [0, 0.05) is 10.2 Å². The monoisotopic (exact) mass is 423 g/mol. The number of hydrogen-bond acceptors (Lipinski definition) is 3. The van der Waals surface area contributed by atoms with Crippen molar-refractivity contribution in [1.29, 1.82) is 0 Å². The summed E-state index contributed by atoms with van der Waals surface area (Å²) in [5.41, 5.74) is 2.31. The number of carbonyl (C=O) groups is 2. The fourth-order valence-corrected chi connectivity index (χ4v) is 2.65. The molecule has 0 aliphatic carbocycles. The summed E-state index contributed by atoms with van der Waals surface area (Å²) in [4.78, 5) is 25.8. The number of carbonyl (C=O) groups excluding carboxylic acids is 2. The van der Waals surface area contributed by atoms with Gasteiger partial charge in [-0.2, -0.15) is 0 Å². The zero-order valence-electron chi connectivity index (χ0n) is 14.0. The summed E-state index contributed by atoms with van der Waals surface area (Å²) in [6.07, 6.45) is 0. The van der Waals surface area contributed by atoms with Crippen molar-refractivity contribution in [2.75, 3.05) is 30.8 Å². The largest absolute Gasteiger partial charge is 0.325 e. The minimum Gasteiger partial charge on any atom is -0.325 e. The highest BCUT2D eigenvalue weighted by atomic mass is 79.9. The van der Waals surface area contributed by atoms with Gasteiger partial charge in [-0.25, -0.2) is 0 Å². The molecule has 5 nitrogen and oxygen atoms in total. The Morgan fingerprint density at radius 2 is 1.72 bits per heavy atom. The van der Waals surface area contributed by atoms with Crippen LogP contribution in [0.2, 0.25) is 5.02 Å². The van der Waals surface area contributed by atoms with Crippen LogP contribution in [0.1, 0.15) is 5.56 Å². The molecular weight excluding hydrogens is 406 g/mol. The Balaban J connectivity index is 1.83. The van der Waals surface area contributed by atoms with Crippen LogP contribution in [0.25, 0.3) is 0 Å². The molecule has 0 fully saturated rings. The number of rotatable bonds is 6. The quantitative estimate of drug-likeness (QED) is 0.739. The Kier molecular flexibility index (Phi) is 6.99. The molecule has 2 amide bonds. The number of benzene rings is 2. The summed E-state index contributed by atoms with van der Waals surface area (Å²) in [5, 5.41) is 6.02. The molecule has 0 unspecified atom stereocenters. The molecule has 0 saturated carbocycles. The first-order valence-electron chi connectivity index (χ1n) is 7.64. The van der Waals surface area contributed by atoms with Gasteiger partial charge in [0.2, 0.25) is 11.8 Å². The van der Waals surface area contributed by atoms with E-state index >= 15 is 0 Å². The molecule has 0 atom stereocenters. The Morgan fingerprint density at radius 1 is 1.08 bits per heavy atom. The van der Waals surface area contributed by atoms with Crippen molar-refractivity contribution in [3.8, 4) is 0 Å². The van der Waals surface area contributed by atoms with Gasteiger partial charge >= 0.3 is 0 Å². The molecule has 0 heterocycles. The van der Waals surface area contributed by atoms with Crippen LogP contribution in [0.15, 0.2) is 46.9 Å². The van der Waals surface area contributed by atoms with E-state index in [9.17, 15) is 9.59 Å². The zero-order chi connectivity index (χ0) is 18.4. The molecule has 0 radical (unpaired) electrons. The maximum absolute atomic E-state index is 12.1. The number of likely N-dealkylation sites (N-methyl/N-ethyl adjacent to an activating group) is 1. The summed E-state index contributed by atoms with van der Waals surface area (Å²) >= 11 is 9.43. The Bertz CT molecular complexity index is 783. The van der Waals surface area contributed by atoms with Crippen molar-refractivity contribution >= 4 is 50.7 Å². The highest BCUT2D eigenvalue weighted by Gasteiger charge is 2.12. The lowest BCUT2D eigenvalue weighted by molar-refractivity contribution is -0.119. The average molecular weight is 425 g/mol. The zero-order valence-corrected chi connectivity index (χ0v) is 16.3. The third kappa shape index (κ3) is 6.16. The van der Waals surface area contributed by atoms with Gasteiger partial charge in [0.1, 0.15) is 0 Å². The Hall–Kier alpha value is -1.89. The second-order valence-electron chi connectivity index (χ2n) is 5.71.